The third-order valence-electron chi connectivity index (χ3n) is 5.79. The number of rotatable bonds is 4. The van der Waals surface area contributed by atoms with E-state index in [1.807, 2.05) is 0 Å². The maximum absolute atomic E-state index is 12.9. The van der Waals surface area contributed by atoms with Gasteiger partial charge in [0.15, 0.2) is 5.58 Å². The summed E-state index contributed by atoms with van der Waals surface area (Å²) in [7, 11) is 1.29. The Balaban J connectivity index is 1.47. The molecule has 3 heterocycles. The minimum atomic E-state index is -0.624. The molecule has 0 radical (unpaired) electrons. The number of fused-ring (bicyclic) bond motifs is 1. The highest BCUT2D eigenvalue weighted by Gasteiger charge is 2.32. The fraction of sp³-hybridized carbons (Fsp3) is 0.550. The van der Waals surface area contributed by atoms with Crippen molar-refractivity contribution < 1.29 is 18.7 Å². The van der Waals surface area contributed by atoms with Gasteiger partial charge < -0.3 is 19.4 Å². The van der Waals surface area contributed by atoms with E-state index in [1.165, 1.54) is 33.0 Å². The minimum absolute atomic E-state index is 0.00898. The zero-order valence-electron chi connectivity index (χ0n) is 15.6. The number of hydrogen-bond donors (Lipinski definition) is 1. The monoisotopic (exact) mass is 371 g/mol. The summed E-state index contributed by atoms with van der Waals surface area (Å²) in [5.41, 5.74) is 1.23. The van der Waals surface area contributed by atoms with Crippen LogP contribution in [0.3, 0.4) is 0 Å². The minimum Gasteiger partial charge on any atom is -0.463 e. The summed E-state index contributed by atoms with van der Waals surface area (Å²) >= 11 is 0. The van der Waals surface area contributed by atoms with Crippen LogP contribution in [-0.2, 0) is 9.53 Å². The molecule has 7 heteroatoms. The number of carbonyl (C=O) groups is 2. The van der Waals surface area contributed by atoms with Gasteiger partial charge in [-0.2, -0.15) is 0 Å². The number of esters is 1. The largest absolute Gasteiger partial charge is 0.463 e. The van der Waals surface area contributed by atoms with E-state index in [-0.39, 0.29) is 17.6 Å². The average molecular weight is 371 g/mol. The van der Waals surface area contributed by atoms with Crippen LogP contribution in [0, 0.1) is 5.92 Å². The average Bonchev–Trinajstić information content (AvgIpc) is 3.36. The Hall–Kier alpha value is -2.41. The zero-order chi connectivity index (χ0) is 18.8. The second-order valence-corrected chi connectivity index (χ2v) is 7.39. The van der Waals surface area contributed by atoms with Crippen LogP contribution >= 0.6 is 0 Å². The number of pyridine rings is 1. The molecule has 1 aliphatic heterocycles. The van der Waals surface area contributed by atoms with E-state index in [4.69, 9.17) is 9.15 Å². The molecule has 2 aliphatic rings. The molecule has 2 aromatic heterocycles. The van der Waals surface area contributed by atoms with Gasteiger partial charge in [0.25, 0.3) is 0 Å². The summed E-state index contributed by atoms with van der Waals surface area (Å²) in [6.07, 6.45) is 8.01. The Morgan fingerprint density at radius 3 is 2.67 bits per heavy atom. The van der Waals surface area contributed by atoms with Gasteiger partial charge in [-0.25, -0.2) is 4.79 Å². The lowest BCUT2D eigenvalue weighted by atomic mass is 9.85. The first-order valence-corrected chi connectivity index (χ1v) is 9.68. The van der Waals surface area contributed by atoms with Gasteiger partial charge in [0.1, 0.15) is 11.2 Å². The number of anilines is 1. The molecule has 1 N–H and O–H groups in total. The summed E-state index contributed by atoms with van der Waals surface area (Å²) in [5.74, 6) is -0.761. The third kappa shape index (κ3) is 3.56. The molecule has 1 saturated heterocycles. The van der Waals surface area contributed by atoms with Crippen LogP contribution in [0.5, 0.6) is 0 Å². The van der Waals surface area contributed by atoms with Gasteiger partial charge in [0.2, 0.25) is 11.7 Å². The first-order chi connectivity index (χ1) is 13.2. The number of aromatic nitrogens is 1. The summed E-state index contributed by atoms with van der Waals surface area (Å²) in [4.78, 5) is 31.7. The fourth-order valence-electron chi connectivity index (χ4n) is 4.32. The number of methoxy groups -OCH3 is 1. The second kappa shape index (κ2) is 7.68. The molecule has 27 heavy (non-hydrogen) atoms. The molecule has 7 nitrogen and oxygen atoms in total. The lowest BCUT2D eigenvalue weighted by Crippen LogP contribution is -2.38. The molecule has 1 saturated carbocycles. The Kier molecular flexibility index (Phi) is 5.11. The molecule has 0 spiro atoms. The second-order valence-electron chi connectivity index (χ2n) is 7.39. The molecule has 0 bridgehead atoms. The predicted octanol–water partition coefficient (Wildman–Crippen LogP) is 3.21. The number of likely N-dealkylation sites (tertiary alicyclic amines) is 1. The molecule has 2 aromatic rings. The molecule has 0 unspecified atom stereocenters. The summed E-state index contributed by atoms with van der Waals surface area (Å²) in [5, 5.41) is 2.89. The fourth-order valence-corrected chi connectivity index (χ4v) is 4.32. The van der Waals surface area contributed by atoms with E-state index >= 15 is 0 Å². The molecule has 2 fully saturated rings. The van der Waals surface area contributed by atoms with Crippen LogP contribution in [0.15, 0.2) is 22.7 Å². The van der Waals surface area contributed by atoms with Gasteiger partial charge in [0, 0.05) is 18.2 Å². The lowest BCUT2D eigenvalue weighted by Gasteiger charge is -2.33. The third-order valence-corrected chi connectivity index (χ3v) is 5.79. The lowest BCUT2D eigenvalue weighted by molar-refractivity contribution is -0.121. The number of furan rings is 1. The Morgan fingerprint density at radius 2 is 1.96 bits per heavy atom. The van der Waals surface area contributed by atoms with Crippen molar-refractivity contribution in [2.45, 2.75) is 44.6 Å². The van der Waals surface area contributed by atoms with E-state index in [0.29, 0.717) is 22.8 Å². The van der Waals surface area contributed by atoms with Gasteiger partial charge >= 0.3 is 5.97 Å². The predicted molar refractivity (Wildman–Crippen MR) is 101 cm³/mol. The summed E-state index contributed by atoms with van der Waals surface area (Å²) < 4.78 is 10.4. The SMILES string of the molecule is COC(=O)c1oc2cccnc2c1NC(=O)C1CCC(N2CCCC2)CC1. The van der Waals surface area contributed by atoms with Gasteiger partial charge in [0.05, 0.1) is 7.11 Å². The van der Waals surface area contributed by atoms with Crippen LogP contribution in [0.25, 0.3) is 11.1 Å². The van der Waals surface area contributed by atoms with Crippen molar-refractivity contribution in [1.82, 2.24) is 9.88 Å². The van der Waals surface area contributed by atoms with Crippen molar-refractivity contribution >= 4 is 28.7 Å². The van der Waals surface area contributed by atoms with E-state index in [0.717, 1.165) is 25.7 Å². The van der Waals surface area contributed by atoms with Crippen molar-refractivity contribution in [3.63, 3.8) is 0 Å². The maximum Gasteiger partial charge on any atom is 0.376 e. The van der Waals surface area contributed by atoms with E-state index in [9.17, 15) is 9.59 Å². The molecule has 0 atom stereocenters. The first-order valence-electron chi connectivity index (χ1n) is 9.68. The number of ether oxygens (including phenoxy) is 1. The summed E-state index contributed by atoms with van der Waals surface area (Å²) in [6, 6.07) is 4.04. The van der Waals surface area contributed by atoms with Crippen molar-refractivity contribution in [2.75, 3.05) is 25.5 Å². The number of hydrogen-bond acceptors (Lipinski definition) is 6. The molecule has 1 aliphatic carbocycles. The highest BCUT2D eigenvalue weighted by molar-refractivity contribution is 6.08. The topological polar surface area (TPSA) is 84.7 Å². The molecular formula is C20H25N3O4. The highest BCUT2D eigenvalue weighted by Crippen LogP contribution is 2.33. The molecule has 144 valence electrons. The van der Waals surface area contributed by atoms with Gasteiger partial charge in [-0.3, -0.25) is 9.78 Å². The van der Waals surface area contributed by atoms with Gasteiger partial charge in [-0.1, -0.05) is 0 Å². The standard InChI is InChI=1S/C20H25N3O4/c1-26-20(25)18-17(16-15(27-18)5-4-10-21-16)22-19(24)13-6-8-14(9-7-13)23-11-2-3-12-23/h4-5,10,13-14H,2-3,6-9,11-12H2,1H3,(H,22,24). The van der Waals surface area contributed by atoms with Crippen molar-refractivity contribution in [3.05, 3.63) is 24.1 Å². The van der Waals surface area contributed by atoms with Crippen LogP contribution in [0.2, 0.25) is 0 Å². The van der Waals surface area contributed by atoms with Crippen LogP contribution in [0.1, 0.15) is 49.1 Å². The van der Waals surface area contributed by atoms with Crippen molar-refractivity contribution in [3.8, 4) is 0 Å². The normalized spacial score (nSPS) is 23.4. The van der Waals surface area contributed by atoms with Crippen LogP contribution in [0.4, 0.5) is 5.69 Å². The molecule has 1 amide bonds. The quantitative estimate of drug-likeness (QED) is 0.831. The smallest absolute Gasteiger partial charge is 0.376 e. The number of nitrogens with one attached hydrogen (secondary N) is 1. The van der Waals surface area contributed by atoms with Crippen molar-refractivity contribution in [1.29, 1.82) is 0 Å². The van der Waals surface area contributed by atoms with Crippen molar-refractivity contribution in [2.24, 2.45) is 5.92 Å². The summed E-state index contributed by atoms with van der Waals surface area (Å²) in [6.45, 7) is 2.38. The zero-order valence-corrected chi connectivity index (χ0v) is 15.6. The number of nitrogens with zero attached hydrogens (tertiary/aromatic N) is 2. The highest BCUT2D eigenvalue weighted by atomic mass is 16.5. The Bertz CT molecular complexity index is 833. The first kappa shape index (κ1) is 18.0. The Labute approximate surface area is 158 Å². The van der Waals surface area contributed by atoms with Crippen LogP contribution < -0.4 is 5.32 Å². The van der Waals surface area contributed by atoms with E-state index < -0.39 is 5.97 Å². The molecular weight excluding hydrogens is 346 g/mol. The number of amides is 1. The van der Waals surface area contributed by atoms with Crippen LogP contribution in [-0.4, -0.2) is 48.0 Å². The van der Waals surface area contributed by atoms with E-state index in [1.54, 1.807) is 18.3 Å². The van der Waals surface area contributed by atoms with E-state index in [2.05, 4.69) is 15.2 Å². The molecule has 4 rings (SSSR count). The Morgan fingerprint density at radius 1 is 1.22 bits per heavy atom. The molecule has 0 aromatic carbocycles. The van der Waals surface area contributed by atoms with Gasteiger partial charge in [-0.15, -0.1) is 0 Å². The maximum atomic E-state index is 12.9. The number of carbonyl (C=O) groups excluding carboxylic acids is 2. The van der Waals surface area contributed by atoms with Gasteiger partial charge in [-0.05, 0) is 63.7 Å².